The number of nitrogens with one attached hydrogen (secondary N) is 2. The normalized spacial score (nSPS) is 10.1. The predicted molar refractivity (Wildman–Crippen MR) is 137 cm³/mol. The van der Waals surface area contributed by atoms with Gasteiger partial charge in [-0.2, -0.15) is 0 Å². The number of hydrogen-bond acceptors (Lipinski definition) is 6. The monoisotopic (exact) mass is 492 g/mol. The first-order valence-corrected chi connectivity index (χ1v) is 10.2. The first kappa shape index (κ1) is 27.9. The quantitative estimate of drug-likeness (QED) is 0.466. The lowest BCUT2D eigenvalue weighted by Crippen LogP contribution is -2.28. The van der Waals surface area contributed by atoms with Crippen molar-refractivity contribution in [2.24, 2.45) is 0 Å². The number of benzene rings is 1. The van der Waals surface area contributed by atoms with Crippen LogP contribution in [0, 0.1) is 20.8 Å². The van der Waals surface area contributed by atoms with Gasteiger partial charge in [0.2, 0.25) is 5.91 Å². The predicted octanol–water partition coefficient (Wildman–Crippen LogP) is 2.92. The molecule has 2 heterocycles. The Morgan fingerprint density at radius 1 is 1.09 bits per heavy atom. The molecule has 0 saturated carbocycles. The molecule has 0 radical (unpaired) electrons. The highest BCUT2D eigenvalue weighted by molar-refractivity contribution is 5.85. The SMILES string of the molecule is CNC(=O)Cc1c(N)nc(-n2c(C)cnc(NCCc3ccccc3)c2=O)c(C)c1C.Cl.Cl. The lowest BCUT2D eigenvalue weighted by atomic mass is 10.0. The number of nitrogens with two attached hydrogens (primary N) is 1. The lowest BCUT2D eigenvalue weighted by Gasteiger charge is -2.18. The van der Waals surface area contributed by atoms with Gasteiger partial charge in [-0.1, -0.05) is 30.3 Å². The van der Waals surface area contributed by atoms with Gasteiger partial charge in [-0.15, -0.1) is 24.8 Å². The number of carbonyl (C=O) groups excluding carboxylic acids is 1. The molecule has 0 saturated heterocycles. The summed E-state index contributed by atoms with van der Waals surface area (Å²) in [5, 5.41) is 5.73. The van der Waals surface area contributed by atoms with Gasteiger partial charge in [-0.05, 0) is 43.9 Å². The number of rotatable bonds is 7. The second-order valence-electron chi connectivity index (χ2n) is 7.45. The van der Waals surface area contributed by atoms with Crippen LogP contribution in [0.5, 0.6) is 0 Å². The number of nitrogen functional groups attached to an aromatic ring is 1. The Labute approximate surface area is 205 Å². The van der Waals surface area contributed by atoms with E-state index in [1.165, 1.54) is 10.1 Å². The Hall–Kier alpha value is -3.10. The molecule has 4 N–H and O–H groups in total. The maximum Gasteiger partial charge on any atom is 0.299 e. The molecule has 178 valence electrons. The third-order valence-corrected chi connectivity index (χ3v) is 5.40. The fraction of sp³-hybridized carbons (Fsp3) is 0.304. The molecule has 0 unspecified atom stereocenters. The van der Waals surface area contributed by atoms with Crippen molar-refractivity contribution in [1.29, 1.82) is 0 Å². The van der Waals surface area contributed by atoms with E-state index >= 15 is 0 Å². The maximum atomic E-state index is 13.2. The molecular weight excluding hydrogens is 463 g/mol. The first-order chi connectivity index (χ1) is 14.8. The highest BCUT2D eigenvalue weighted by Crippen LogP contribution is 2.24. The van der Waals surface area contributed by atoms with Crippen LogP contribution in [-0.2, 0) is 17.6 Å². The van der Waals surface area contributed by atoms with E-state index in [0.29, 0.717) is 23.6 Å². The fourth-order valence-corrected chi connectivity index (χ4v) is 3.43. The Morgan fingerprint density at radius 3 is 2.39 bits per heavy atom. The number of amides is 1. The van der Waals surface area contributed by atoms with Crippen molar-refractivity contribution in [2.45, 2.75) is 33.6 Å². The zero-order chi connectivity index (χ0) is 22.5. The minimum Gasteiger partial charge on any atom is -0.383 e. The number of aryl methyl sites for hydroxylation is 1. The highest BCUT2D eigenvalue weighted by Gasteiger charge is 2.19. The smallest absolute Gasteiger partial charge is 0.299 e. The van der Waals surface area contributed by atoms with Crippen molar-refractivity contribution in [3.8, 4) is 5.82 Å². The van der Waals surface area contributed by atoms with Gasteiger partial charge in [0, 0.05) is 31.0 Å². The van der Waals surface area contributed by atoms with Gasteiger partial charge in [0.15, 0.2) is 5.82 Å². The van der Waals surface area contributed by atoms with Crippen LogP contribution in [0.3, 0.4) is 0 Å². The Morgan fingerprint density at radius 2 is 1.76 bits per heavy atom. The highest BCUT2D eigenvalue weighted by atomic mass is 35.5. The number of likely N-dealkylation sites (N-methyl/N-ethyl adjacent to an activating group) is 1. The molecule has 1 aromatic carbocycles. The second kappa shape index (κ2) is 12.2. The van der Waals surface area contributed by atoms with Crippen molar-refractivity contribution in [2.75, 3.05) is 24.6 Å². The van der Waals surface area contributed by atoms with E-state index in [2.05, 4.69) is 20.6 Å². The molecule has 2 aromatic heterocycles. The molecule has 1 amide bonds. The van der Waals surface area contributed by atoms with E-state index in [4.69, 9.17) is 5.73 Å². The number of nitrogens with zero attached hydrogens (tertiary/aromatic N) is 3. The Kier molecular flexibility index (Phi) is 10.3. The summed E-state index contributed by atoms with van der Waals surface area (Å²) >= 11 is 0. The van der Waals surface area contributed by atoms with Gasteiger partial charge < -0.3 is 16.4 Å². The van der Waals surface area contributed by atoms with Gasteiger partial charge in [0.1, 0.15) is 11.6 Å². The van der Waals surface area contributed by atoms with E-state index in [1.54, 1.807) is 20.2 Å². The molecule has 3 rings (SSSR count). The molecule has 8 nitrogen and oxygen atoms in total. The molecular formula is C23H30Cl2N6O2. The average molecular weight is 493 g/mol. The number of anilines is 2. The summed E-state index contributed by atoms with van der Waals surface area (Å²) in [6.07, 6.45) is 2.55. The summed E-state index contributed by atoms with van der Waals surface area (Å²) in [4.78, 5) is 33.8. The number of aromatic nitrogens is 3. The van der Waals surface area contributed by atoms with Crippen LogP contribution in [0.2, 0.25) is 0 Å². The van der Waals surface area contributed by atoms with Crippen molar-refractivity contribution < 1.29 is 4.79 Å². The molecule has 33 heavy (non-hydrogen) atoms. The fourth-order valence-electron chi connectivity index (χ4n) is 3.43. The van der Waals surface area contributed by atoms with Crippen LogP contribution in [0.15, 0.2) is 41.3 Å². The van der Waals surface area contributed by atoms with Gasteiger partial charge in [0.05, 0.1) is 6.42 Å². The number of hydrogen-bond donors (Lipinski definition) is 3. The summed E-state index contributed by atoms with van der Waals surface area (Å²) in [6.45, 7) is 6.14. The van der Waals surface area contributed by atoms with E-state index in [0.717, 1.165) is 17.5 Å². The third-order valence-electron chi connectivity index (χ3n) is 5.40. The van der Waals surface area contributed by atoms with E-state index < -0.39 is 0 Å². The molecule has 0 aliphatic heterocycles. The van der Waals surface area contributed by atoms with Gasteiger partial charge in [0.25, 0.3) is 5.56 Å². The zero-order valence-corrected chi connectivity index (χ0v) is 20.8. The van der Waals surface area contributed by atoms with Crippen LogP contribution in [0.4, 0.5) is 11.6 Å². The van der Waals surface area contributed by atoms with Gasteiger partial charge in [-0.25, -0.2) is 9.97 Å². The minimum absolute atomic E-state index is 0. The van der Waals surface area contributed by atoms with Gasteiger partial charge >= 0.3 is 0 Å². The molecule has 10 heteroatoms. The molecule has 0 aliphatic carbocycles. The number of halogens is 2. The molecule has 0 bridgehead atoms. The minimum atomic E-state index is -0.290. The second-order valence-corrected chi connectivity index (χ2v) is 7.45. The molecule has 0 atom stereocenters. The molecule has 3 aromatic rings. The standard InChI is InChI=1S/C23H28N6O2.2ClH/c1-14-13-27-21(26-11-10-17-8-6-5-7-9-17)23(31)29(14)22-16(3)15(2)18(20(24)28-22)12-19(30)25-4;;/h5-9,13H,10-12H2,1-4H3,(H2,24,28)(H,25,30)(H,26,27);2*1H. The van der Waals surface area contributed by atoms with Crippen LogP contribution in [0.25, 0.3) is 5.82 Å². The number of carbonyl (C=O) groups is 1. The largest absolute Gasteiger partial charge is 0.383 e. The van der Waals surface area contributed by atoms with E-state index in [9.17, 15) is 9.59 Å². The summed E-state index contributed by atoms with van der Waals surface area (Å²) in [7, 11) is 1.58. The zero-order valence-electron chi connectivity index (χ0n) is 19.1. The molecule has 0 spiro atoms. The van der Waals surface area contributed by atoms with E-state index in [-0.39, 0.29) is 54.3 Å². The van der Waals surface area contributed by atoms with Crippen molar-refractivity contribution >= 4 is 42.4 Å². The van der Waals surface area contributed by atoms with Gasteiger partial charge in [-0.3, -0.25) is 14.2 Å². The van der Waals surface area contributed by atoms with Crippen molar-refractivity contribution in [3.05, 3.63) is 74.8 Å². The maximum absolute atomic E-state index is 13.2. The first-order valence-electron chi connectivity index (χ1n) is 10.2. The third kappa shape index (κ3) is 6.24. The lowest BCUT2D eigenvalue weighted by molar-refractivity contribution is -0.119. The Balaban J connectivity index is 0.00000272. The molecule has 0 fully saturated rings. The average Bonchev–Trinajstić information content (AvgIpc) is 2.76. The van der Waals surface area contributed by atoms with Crippen molar-refractivity contribution in [3.63, 3.8) is 0 Å². The van der Waals surface area contributed by atoms with E-state index in [1.807, 2.05) is 44.2 Å². The molecule has 0 aliphatic rings. The van der Waals surface area contributed by atoms with Crippen LogP contribution < -0.4 is 21.9 Å². The number of pyridine rings is 1. The summed E-state index contributed by atoms with van der Waals surface area (Å²) in [5.74, 6) is 0.800. The summed E-state index contributed by atoms with van der Waals surface area (Å²) < 4.78 is 1.51. The van der Waals surface area contributed by atoms with Crippen molar-refractivity contribution in [1.82, 2.24) is 19.9 Å². The topological polar surface area (TPSA) is 115 Å². The summed E-state index contributed by atoms with van der Waals surface area (Å²) in [6, 6.07) is 10.0. The summed E-state index contributed by atoms with van der Waals surface area (Å²) in [5.41, 5.74) is 10.0. The van der Waals surface area contributed by atoms with Crippen LogP contribution >= 0.6 is 24.8 Å². The Bertz CT molecular complexity index is 1170. The van der Waals surface area contributed by atoms with Crippen LogP contribution in [0.1, 0.15) is 27.9 Å². The van der Waals surface area contributed by atoms with Crippen LogP contribution in [-0.4, -0.2) is 34.0 Å².